The molecule has 1 amide bonds. The van der Waals surface area contributed by atoms with Crippen molar-refractivity contribution in [3.05, 3.63) is 24.0 Å². The van der Waals surface area contributed by atoms with E-state index in [4.69, 9.17) is 5.73 Å². The summed E-state index contributed by atoms with van der Waals surface area (Å²) in [5.74, 6) is -0.783. The number of likely N-dealkylation sites (N-methyl/N-ethyl adjacent to an activating group) is 1. The van der Waals surface area contributed by atoms with Crippen LogP contribution in [0.25, 0.3) is 0 Å². The summed E-state index contributed by atoms with van der Waals surface area (Å²) >= 11 is 0. The molecule has 0 bridgehead atoms. The van der Waals surface area contributed by atoms with Crippen LogP contribution in [0.3, 0.4) is 0 Å². The summed E-state index contributed by atoms with van der Waals surface area (Å²) in [6, 6.07) is 3.79. The van der Waals surface area contributed by atoms with Crippen molar-refractivity contribution in [1.82, 2.24) is 4.90 Å². The fraction of sp³-hybridized carbons (Fsp3) is 0.462. The van der Waals surface area contributed by atoms with Gasteiger partial charge in [-0.05, 0) is 39.1 Å². The van der Waals surface area contributed by atoms with Gasteiger partial charge in [0.1, 0.15) is 5.82 Å². The third-order valence-corrected chi connectivity index (χ3v) is 3.09. The number of aliphatic hydroxyl groups excluding tert-OH is 1. The molecule has 0 spiro atoms. The second-order valence-electron chi connectivity index (χ2n) is 5.11. The van der Waals surface area contributed by atoms with Crippen LogP contribution >= 0.6 is 0 Å². The third-order valence-electron chi connectivity index (χ3n) is 3.09. The van der Waals surface area contributed by atoms with Crippen LogP contribution in [0.1, 0.15) is 13.8 Å². The molecule has 0 aliphatic heterocycles. The number of hydrogen-bond acceptors (Lipinski definition) is 4. The largest absolute Gasteiger partial charge is 0.397 e. The van der Waals surface area contributed by atoms with Crippen molar-refractivity contribution >= 4 is 17.3 Å². The Kier molecular flexibility index (Phi) is 4.85. The van der Waals surface area contributed by atoms with Gasteiger partial charge in [-0.2, -0.15) is 0 Å². The van der Waals surface area contributed by atoms with Gasteiger partial charge in [0.15, 0.2) is 0 Å². The smallest absolute Gasteiger partial charge is 0.238 e. The van der Waals surface area contributed by atoms with E-state index in [2.05, 4.69) is 5.32 Å². The zero-order valence-corrected chi connectivity index (χ0v) is 11.4. The van der Waals surface area contributed by atoms with Crippen LogP contribution < -0.4 is 11.1 Å². The highest BCUT2D eigenvalue weighted by Gasteiger charge is 2.24. The Morgan fingerprint density at radius 3 is 2.74 bits per heavy atom. The number of amides is 1. The second kappa shape index (κ2) is 5.99. The Labute approximate surface area is 112 Å². The summed E-state index contributed by atoms with van der Waals surface area (Å²) in [5, 5.41) is 11.8. The van der Waals surface area contributed by atoms with E-state index in [1.807, 2.05) is 13.8 Å². The highest BCUT2D eigenvalue weighted by atomic mass is 19.1. The van der Waals surface area contributed by atoms with Gasteiger partial charge in [-0.15, -0.1) is 0 Å². The Morgan fingerprint density at radius 1 is 1.53 bits per heavy atom. The molecule has 0 atom stereocenters. The van der Waals surface area contributed by atoms with Crippen molar-refractivity contribution in [2.45, 2.75) is 19.4 Å². The Morgan fingerprint density at radius 2 is 2.16 bits per heavy atom. The number of carbonyl (C=O) groups is 1. The van der Waals surface area contributed by atoms with Gasteiger partial charge in [0.05, 0.1) is 24.5 Å². The lowest BCUT2D eigenvalue weighted by Gasteiger charge is -2.33. The maximum Gasteiger partial charge on any atom is 0.238 e. The molecule has 0 saturated heterocycles. The van der Waals surface area contributed by atoms with Crippen LogP contribution in [0.2, 0.25) is 0 Å². The predicted octanol–water partition coefficient (Wildman–Crippen LogP) is 1.05. The highest BCUT2D eigenvalue weighted by Crippen LogP contribution is 2.19. The van der Waals surface area contributed by atoms with Crippen LogP contribution in [-0.2, 0) is 4.79 Å². The van der Waals surface area contributed by atoms with E-state index in [-0.39, 0.29) is 24.7 Å². The second-order valence-corrected chi connectivity index (χ2v) is 5.11. The molecule has 106 valence electrons. The molecule has 5 nitrogen and oxygen atoms in total. The van der Waals surface area contributed by atoms with E-state index in [0.29, 0.717) is 5.69 Å². The first-order chi connectivity index (χ1) is 8.76. The molecule has 0 fully saturated rings. The number of anilines is 2. The average Bonchev–Trinajstić information content (AvgIpc) is 2.33. The van der Waals surface area contributed by atoms with Gasteiger partial charge in [0.25, 0.3) is 0 Å². The first kappa shape index (κ1) is 15.4. The summed E-state index contributed by atoms with van der Waals surface area (Å²) in [6.45, 7) is 3.63. The van der Waals surface area contributed by atoms with Gasteiger partial charge in [-0.1, -0.05) is 0 Å². The number of nitrogens with zero attached hydrogens (tertiary/aromatic N) is 1. The molecule has 0 unspecified atom stereocenters. The van der Waals surface area contributed by atoms with Crippen molar-refractivity contribution in [3.63, 3.8) is 0 Å². The number of aliphatic hydroxyl groups is 1. The fourth-order valence-corrected chi connectivity index (χ4v) is 1.38. The number of nitrogens with one attached hydrogen (secondary N) is 1. The van der Waals surface area contributed by atoms with Crippen LogP contribution in [-0.4, -0.2) is 41.7 Å². The predicted molar refractivity (Wildman–Crippen MR) is 73.2 cm³/mol. The quantitative estimate of drug-likeness (QED) is 0.698. The fourth-order valence-electron chi connectivity index (χ4n) is 1.38. The molecule has 6 heteroatoms. The van der Waals surface area contributed by atoms with E-state index in [1.54, 1.807) is 11.9 Å². The highest BCUT2D eigenvalue weighted by molar-refractivity contribution is 5.95. The summed E-state index contributed by atoms with van der Waals surface area (Å²) in [4.78, 5) is 13.5. The number of benzene rings is 1. The first-order valence-electron chi connectivity index (χ1n) is 5.93. The Bertz CT molecular complexity index is 463. The maximum atomic E-state index is 13.1. The van der Waals surface area contributed by atoms with Crippen LogP contribution in [0.4, 0.5) is 15.8 Å². The molecular formula is C13H20FN3O2. The molecule has 1 aromatic carbocycles. The third kappa shape index (κ3) is 4.18. The lowest BCUT2D eigenvalue weighted by molar-refractivity contribution is -0.118. The summed E-state index contributed by atoms with van der Waals surface area (Å²) in [7, 11) is 1.73. The molecule has 1 rings (SSSR count). The lowest BCUT2D eigenvalue weighted by atomic mass is 10.1. The van der Waals surface area contributed by atoms with Crippen molar-refractivity contribution in [1.29, 1.82) is 0 Å². The minimum atomic E-state index is -0.509. The zero-order chi connectivity index (χ0) is 14.6. The van der Waals surface area contributed by atoms with Gasteiger partial charge in [0.2, 0.25) is 5.91 Å². The summed E-state index contributed by atoms with van der Waals surface area (Å²) in [6.07, 6.45) is 0. The number of nitrogen functional groups attached to an aromatic ring is 1. The molecule has 0 saturated carbocycles. The summed E-state index contributed by atoms with van der Waals surface area (Å²) < 4.78 is 13.1. The number of halogens is 1. The number of hydrogen-bond donors (Lipinski definition) is 3. The molecule has 0 heterocycles. The van der Waals surface area contributed by atoms with Crippen molar-refractivity contribution in [3.8, 4) is 0 Å². The van der Waals surface area contributed by atoms with E-state index >= 15 is 0 Å². The van der Waals surface area contributed by atoms with Gasteiger partial charge in [-0.3, -0.25) is 9.69 Å². The number of nitrogens with two attached hydrogens (primary N) is 1. The van der Waals surface area contributed by atoms with Gasteiger partial charge in [0, 0.05) is 5.54 Å². The molecule has 19 heavy (non-hydrogen) atoms. The van der Waals surface area contributed by atoms with E-state index in [0.717, 1.165) is 0 Å². The van der Waals surface area contributed by atoms with Gasteiger partial charge >= 0.3 is 0 Å². The number of carbonyl (C=O) groups excluding carboxylic acids is 1. The van der Waals surface area contributed by atoms with E-state index in [9.17, 15) is 14.3 Å². The molecule has 0 aliphatic rings. The average molecular weight is 269 g/mol. The zero-order valence-electron chi connectivity index (χ0n) is 11.4. The standard InChI is InChI=1S/C13H20FN3O2/c1-13(2,8-18)17(3)7-12(19)16-11-6-9(14)4-5-10(11)15/h4-6,18H,7-8,15H2,1-3H3,(H,16,19). The lowest BCUT2D eigenvalue weighted by Crippen LogP contribution is -2.47. The van der Waals surface area contributed by atoms with Gasteiger partial charge < -0.3 is 16.2 Å². The minimum absolute atomic E-state index is 0.0706. The molecule has 0 aromatic heterocycles. The van der Waals surface area contributed by atoms with Gasteiger partial charge in [-0.25, -0.2) is 4.39 Å². The van der Waals surface area contributed by atoms with Crippen LogP contribution in [0, 0.1) is 5.82 Å². The maximum absolute atomic E-state index is 13.1. The van der Waals surface area contributed by atoms with E-state index in [1.165, 1.54) is 18.2 Å². The first-order valence-corrected chi connectivity index (χ1v) is 5.93. The molecule has 0 radical (unpaired) electrons. The molecule has 1 aromatic rings. The number of rotatable bonds is 5. The monoisotopic (exact) mass is 269 g/mol. The Balaban J connectivity index is 2.68. The van der Waals surface area contributed by atoms with Crippen molar-refractivity contribution < 1.29 is 14.3 Å². The summed E-state index contributed by atoms with van der Waals surface area (Å²) in [5.41, 5.74) is 5.69. The van der Waals surface area contributed by atoms with Crippen molar-refractivity contribution in [2.24, 2.45) is 0 Å². The van der Waals surface area contributed by atoms with Crippen LogP contribution in [0.5, 0.6) is 0 Å². The topological polar surface area (TPSA) is 78.6 Å². The van der Waals surface area contributed by atoms with Crippen LogP contribution in [0.15, 0.2) is 18.2 Å². The normalized spacial score (nSPS) is 11.7. The molecule has 0 aliphatic carbocycles. The van der Waals surface area contributed by atoms with E-state index < -0.39 is 11.4 Å². The molecule has 4 N–H and O–H groups in total. The minimum Gasteiger partial charge on any atom is -0.397 e. The Hall–Kier alpha value is -1.66. The SMILES string of the molecule is CN(CC(=O)Nc1cc(F)ccc1N)C(C)(C)CO. The molecular weight excluding hydrogens is 249 g/mol. The van der Waals surface area contributed by atoms with Crippen molar-refractivity contribution in [2.75, 3.05) is 31.2 Å².